The van der Waals surface area contributed by atoms with E-state index in [-0.39, 0.29) is 10.6 Å². The van der Waals surface area contributed by atoms with Crippen molar-refractivity contribution in [1.82, 2.24) is 0 Å². The van der Waals surface area contributed by atoms with Gasteiger partial charge in [-0.3, -0.25) is 4.79 Å². The third kappa shape index (κ3) is 3.98. The van der Waals surface area contributed by atoms with E-state index in [1.54, 1.807) is 39.0 Å². The zero-order chi connectivity index (χ0) is 14.7. The Bertz CT molecular complexity index is 562. The molecule has 1 N–H and O–H groups in total. The standard InChI is InChI=1S/C13H18O4S2/c1-4-9-19(16,17)11-8-6-5-7-10(11)18-13(2,3)12(14)15/h5-8H,4,9H2,1-3H3,(H,14,15). The number of carboxylic acids is 1. The highest BCUT2D eigenvalue weighted by Crippen LogP contribution is 2.36. The molecule has 0 saturated heterocycles. The molecule has 0 spiro atoms. The fourth-order valence-corrected chi connectivity index (χ4v) is 4.36. The number of benzene rings is 1. The molecule has 106 valence electrons. The molecule has 0 bridgehead atoms. The van der Waals surface area contributed by atoms with Crippen molar-refractivity contribution >= 4 is 27.6 Å². The van der Waals surface area contributed by atoms with Gasteiger partial charge in [0.2, 0.25) is 0 Å². The van der Waals surface area contributed by atoms with Crippen molar-refractivity contribution in [2.75, 3.05) is 5.75 Å². The van der Waals surface area contributed by atoms with Gasteiger partial charge in [-0.1, -0.05) is 19.1 Å². The Labute approximate surface area is 118 Å². The zero-order valence-corrected chi connectivity index (χ0v) is 12.8. The van der Waals surface area contributed by atoms with Crippen LogP contribution in [0.4, 0.5) is 0 Å². The van der Waals surface area contributed by atoms with E-state index in [0.717, 1.165) is 11.8 Å². The van der Waals surface area contributed by atoms with Crippen LogP contribution in [0.5, 0.6) is 0 Å². The van der Waals surface area contributed by atoms with Crippen molar-refractivity contribution in [2.24, 2.45) is 0 Å². The summed E-state index contributed by atoms with van der Waals surface area (Å²) in [4.78, 5) is 11.8. The molecule has 0 saturated carbocycles. The van der Waals surface area contributed by atoms with Crippen molar-refractivity contribution in [1.29, 1.82) is 0 Å². The quantitative estimate of drug-likeness (QED) is 0.818. The minimum atomic E-state index is -3.35. The monoisotopic (exact) mass is 302 g/mol. The third-order valence-corrected chi connectivity index (χ3v) is 5.90. The summed E-state index contributed by atoms with van der Waals surface area (Å²) in [5.41, 5.74) is 0. The van der Waals surface area contributed by atoms with Crippen molar-refractivity contribution in [3.8, 4) is 0 Å². The van der Waals surface area contributed by atoms with E-state index in [2.05, 4.69) is 0 Å². The topological polar surface area (TPSA) is 71.4 Å². The maximum Gasteiger partial charge on any atom is 0.319 e. The average molecular weight is 302 g/mol. The van der Waals surface area contributed by atoms with Crippen LogP contribution in [0.25, 0.3) is 0 Å². The number of carbonyl (C=O) groups is 1. The highest BCUT2D eigenvalue weighted by Gasteiger charge is 2.31. The first-order valence-electron chi connectivity index (χ1n) is 5.95. The molecule has 0 aliphatic heterocycles. The minimum absolute atomic E-state index is 0.0675. The fraction of sp³-hybridized carbons (Fsp3) is 0.462. The predicted molar refractivity (Wildman–Crippen MR) is 76.4 cm³/mol. The van der Waals surface area contributed by atoms with Crippen molar-refractivity contribution in [3.05, 3.63) is 24.3 Å². The first-order valence-corrected chi connectivity index (χ1v) is 8.42. The van der Waals surface area contributed by atoms with E-state index < -0.39 is 20.6 Å². The average Bonchev–Trinajstić information content (AvgIpc) is 2.28. The Balaban J connectivity index is 3.21. The maximum absolute atomic E-state index is 12.1. The second-order valence-electron chi connectivity index (χ2n) is 4.68. The second kappa shape index (κ2) is 5.96. The van der Waals surface area contributed by atoms with Crippen molar-refractivity contribution in [2.45, 2.75) is 41.7 Å². The molecule has 0 amide bonds. The van der Waals surface area contributed by atoms with Gasteiger partial charge in [0.1, 0.15) is 4.75 Å². The maximum atomic E-state index is 12.1. The summed E-state index contributed by atoms with van der Waals surface area (Å²) in [5, 5.41) is 9.13. The van der Waals surface area contributed by atoms with Gasteiger partial charge in [0.25, 0.3) is 0 Å². The third-order valence-electron chi connectivity index (χ3n) is 2.54. The second-order valence-corrected chi connectivity index (χ2v) is 8.43. The number of hydrogen-bond acceptors (Lipinski definition) is 4. The molecule has 0 aliphatic carbocycles. The number of carboxylic acid groups (broad SMARTS) is 1. The highest BCUT2D eigenvalue weighted by molar-refractivity contribution is 8.02. The van der Waals surface area contributed by atoms with Crippen LogP contribution in [0.1, 0.15) is 27.2 Å². The summed E-state index contributed by atoms with van der Waals surface area (Å²) in [5.74, 6) is -0.905. The summed E-state index contributed by atoms with van der Waals surface area (Å²) < 4.78 is 23.2. The van der Waals surface area contributed by atoms with Crippen molar-refractivity contribution < 1.29 is 18.3 Å². The van der Waals surface area contributed by atoms with Crippen LogP contribution >= 0.6 is 11.8 Å². The van der Waals surface area contributed by atoms with Gasteiger partial charge in [0.15, 0.2) is 9.84 Å². The van der Waals surface area contributed by atoms with Gasteiger partial charge in [-0.2, -0.15) is 0 Å². The minimum Gasteiger partial charge on any atom is -0.480 e. The highest BCUT2D eigenvalue weighted by atomic mass is 32.2. The molecule has 0 atom stereocenters. The summed E-state index contributed by atoms with van der Waals surface area (Å²) in [6.45, 7) is 4.92. The van der Waals surface area contributed by atoms with Gasteiger partial charge in [-0.15, -0.1) is 11.8 Å². The molecule has 0 radical (unpaired) electrons. The molecule has 1 aromatic rings. The van der Waals surface area contributed by atoms with E-state index in [0.29, 0.717) is 11.3 Å². The Morgan fingerprint density at radius 2 is 1.89 bits per heavy atom. The molecular weight excluding hydrogens is 284 g/mol. The van der Waals surface area contributed by atoms with Crippen LogP contribution in [0, 0.1) is 0 Å². The molecular formula is C13H18O4S2. The molecule has 6 heteroatoms. The van der Waals surface area contributed by atoms with Gasteiger partial charge in [0, 0.05) is 4.90 Å². The van der Waals surface area contributed by atoms with Gasteiger partial charge >= 0.3 is 5.97 Å². The number of aliphatic carboxylic acids is 1. The lowest BCUT2D eigenvalue weighted by Gasteiger charge is -2.20. The van der Waals surface area contributed by atoms with Crippen LogP contribution in [0.2, 0.25) is 0 Å². The van der Waals surface area contributed by atoms with Crippen LogP contribution in [0.15, 0.2) is 34.1 Å². The smallest absolute Gasteiger partial charge is 0.319 e. The number of sulfone groups is 1. The lowest BCUT2D eigenvalue weighted by Crippen LogP contribution is -2.27. The number of thioether (sulfide) groups is 1. The molecule has 1 aromatic carbocycles. The zero-order valence-electron chi connectivity index (χ0n) is 11.2. The lowest BCUT2D eigenvalue weighted by molar-refractivity contribution is -0.138. The van der Waals surface area contributed by atoms with Gasteiger partial charge < -0.3 is 5.11 Å². The largest absolute Gasteiger partial charge is 0.480 e. The van der Waals surface area contributed by atoms with Gasteiger partial charge in [-0.05, 0) is 32.4 Å². The van der Waals surface area contributed by atoms with E-state index >= 15 is 0 Å². The molecule has 19 heavy (non-hydrogen) atoms. The predicted octanol–water partition coefficient (Wildman–Crippen LogP) is 2.83. The van der Waals surface area contributed by atoms with Gasteiger partial charge in [-0.25, -0.2) is 8.42 Å². The Kier molecular flexibility index (Phi) is 5.04. The molecule has 0 aromatic heterocycles. The van der Waals surface area contributed by atoms with Crippen molar-refractivity contribution in [3.63, 3.8) is 0 Å². The van der Waals surface area contributed by atoms with Crippen LogP contribution in [0.3, 0.4) is 0 Å². The van der Waals surface area contributed by atoms with Crippen LogP contribution in [-0.2, 0) is 14.6 Å². The molecule has 0 aliphatic rings. The van der Waals surface area contributed by atoms with Gasteiger partial charge in [0.05, 0.1) is 10.6 Å². The number of rotatable bonds is 6. The summed E-state index contributed by atoms with van der Waals surface area (Å²) in [7, 11) is -3.35. The molecule has 0 heterocycles. The van der Waals surface area contributed by atoms with E-state index in [4.69, 9.17) is 5.11 Å². The Morgan fingerprint density at radius 3 is 2.42 bits per heavy atom. The summed E-state index contributed by atoms with van der Waals surface area (Å²) in [6, 6.07) is 6.55. The first-order chi connectivity index (χ1) is 8.70. The number of hydrogen-bond donors (Lipinski definition) is 1. The molecule has 4 nitrogen and oxygen atoms in total. The lowest BCUT2D eigenvalue weighted by atomic mass is 10.2. The molecule has 0 fully saturated rings. The normalized spacial score (nSPS) is 12.4. The fourth-order valence-electron chi connectivity index (χ4n) is 1.49. The first kappa shape index (κ1) is 16.0. The van der Waals surface area contributed by atoms with Crippen LogP contribution < -0.4 is 0 Å². The Morgan fingerprint density at radius 1 is 1.32 bits per heavy atom. The summed E-state index contributed by atoms with van der Waals surface area (Å²) in [6.07, 6.45) is 0.531. The molecule has 1 rings (SSSR count). The molecule has 0 unspecified atom stereocenters. The van der Waals surface area contributed by atoms with E-state index in [1.807, 2.05) is 0 Å². The van der Waals surface area contributed by atoms with E-state index in [1.165, 1.54) is 6.07 Å². The SMILES string of the molecule is CCCS(=O)(=O)c1ccccc1SC(C)(C)C(=O)O. The van der Waals surface area contributed by atoms with E-state index in [9.17, 15) is 13.2 Å². The summed E-state index contributed by atoms with van der Waals surface area (Å²) >= 11 is 1.05. The Hall–Kier alpha value is -1.01. The van der Waals surface area contributed by atoms with Crippen LogP contribution in [-0.4, -0.2) is 30.0 Å².